The summed E-state index contributed by atoms with van der Waals surface area (Å²) in [7, 11) is 0. The van der Waals surface area contributed by atoms with E-state index >= 15 is 0 Å². The highest BCUT2D eigenvalue weighted by Gasteiger charge is 2.09. The third kappa shape index (κ3) is 3.28. The number of rotatable bonds is 3. The van der Waals surface area contributed by atoms with Gasteiger partial charge in [0.05, 0.1) is 0 Å². The van der Waals surface area contributed by atoms with E-state index in [-0.39, 0.29) is 5.91 Å². The Morgan fingerprint density at radius 3 is 2.40 bits per heavy atom. The van der Waals surface area contributed by atoms with Crippen LogP contribution in [0.1, 0.15) is 28.4 Å². The van der Waals surface area contributed by atoms with Crippen molar-refractivity contribution in [3.8, 4) is 0 Å². The van der Waals surface area contributed by atoms with Gasteiger partial charge in [0.1, 0.15) is 0 Å². The van der Waals surface area contributed by atoms with Crippen LogP contribution in [-0.4, -0.2) is 5.91 Å². The minimum atomic E-state index is -0.159. The second-order valence-electron chi connectivity index (χ2n) is 4.79. The number of halogens is 1. The fourth-order valence-electron chi connectivity index (χ4n) is 1.92. The van der Waals surface area contributed by atoms with Gasteiger partial charge in [-0.1, -0.05) is 29.8 Å². The van der Waals surface area contributed by atoms with E-state index in [1.807, 2.05) is 32.0 Å². The van der Waals surface area contributed by atoms with Crippen molar-refractivity contribution in [2.45, 2.75) is 13.8 Å². The minimum absolute atomic E-state index is 0.159. The summed E-state index contributed by atoms with van der Waals surface area (Å²) in [5, 5.41) is 3.52. The van der Waals surface area contributed by atoms with Crippen LogP contribution >= 0.6 is 11.6 Å². The fraction of sp³-hybridized carbons (Fsp3) is 0.118. The number of carbonyl (C=O) groups is 1. The molecule has 1 amide bonds. The molecular formula is C17H16ClNO. The van der Waals surface area contributed by atoms with Gasteiger partial charge < -0.3 is 5.32 Å². The maximum atomic E-state index is 12.2. The average Bonchev–Trinajstić information content (AvgIpc) is 2.41. The lowest BCUT2D eigenvalue weighted by Gasteiger charge is -2.12. The van der Waals surface area contributed by atoms with E-state index in [9.17, 15) is 4.79 Å². The smallest absolute Gasteiger partial charge is 0.255 e. The first-order valence-corrected chi connectivity index (χ1v) is 6.68. The van der Waals surface area contributed by atoms with Crippen molar-refractivity contribution in [1.82, 2.24) is 0 Å². The first-order chi connectivity index (χ1) is 9.47. The van der Waals surface area contributed by atoms with Crippen molar-refractivity contribution in [2.24, 2.45) is 0 Å². The quantitative estimate of drug-likeness (QED) is 0.851. The summed E-state index contributed by atoms with van der Waals surface area (Å²) in [4.78, 5) is 12.2. The highest BCUT2D eigenvalue weighted by molar-refractivity contribution is 6.30. The molecule has 20 heavy (non-hydrogen) atoms. The highest BCUT2D eigenvalue weighted by Crippen LogP contribution is 2.24. The number of nitrogens with one attached hydrogen (secondary N) is 1. The van der Waals surface area contributed by atoms with Crippen molar-refractivity contribution in [3.63, 3.8) is 0 Å². The van der Waals surface area contributed by atoms with Gasteiger partial charge in [-0.05, 0) is 55.8 Å². The molecule has 1 N–H and O–H groups in total. The minimum Gasteiger partial charge on any atom is -0.321 e. The van der Waals surface area contributed by atoms with E-state index in [0.717, 1.165) is 22.4 Å². The second kappa shape index (κ2) is 5.93. The van der Waals surface area contributed by atoms with Crippen LogP contribution in [0.15, 0.2) is 49.0 Å². The molecule has 0 saturated carbocycles. The van der Waals surface area contributed by atoms with Crippen molar-refractivity contribution in [3.05, 3.63) is 70.8 Å². The molecule has 0 aliphatic rings. The van der Waals surface area contributed by atoms with E-state index < -0.39 is 0 Å². The predicted octanol–water partition coefficient (Wildman–Crippen LogP) is 4.93. The van der Waals surface area contributed by atoms with Crippen molar-refractivity contribution < 1.29 is 4.79 Å². The molecule has 0 bridgehead atoms. The summed E-state index contributed by atoms with van der Waals surface area (Å²) < 4.78 is 0. The molecule has 0 aromatic heterocycles. The molecule has 2 rings (SSSR count). The van der Waals surface area contributed by atoms with Crippen LogP contribution in [0.25, 0.3) is 5.57 Å². The summed E-state index contributed by atoms with van der Waals surface area (Å²) in [6.07, 6.45) is 0. The van der Waals surface area contributed by atoms with Crippen molar-refractivity contribution in [1.29, 1.82) is 0 Å². The monoisotopic (exact) mass is 285 g/mol. The van der Waals surface area contributed by atoms with Crippen LogP contribution in [0.4, 0.5) is 5.69 Å². The topological polar surface area (TPSA) is 29.1 Å². The Kier molecular flexibility index (Phi) is 4.26. The fourth-order valence-corrected chi connectivity index (χ4v) is 2.04. The average molecular weight is 286 g/mol. The first-order valence-electron chi connectivity index (χ1n) is 6.31. The Morgan fingerprint density at radius 2 is 1.80 bits per heavy atom. The van der Waals surface area contributed by atoms with Gasteiger partial charge in [-0.25, -0.2) is 0 Å². The largest absolute Gasteiger partial charge is 0.321 e. The molecule has 3 heteroatoms. The number of aryl methyl sites for hydroxylation is 1. The Morgan fingerprint density at radius 1 is 1.15 bits per heavy atom. The number of hydrogen-bond acceptors (Lipinski definition) is 1. The van der Waals surface area contributed by atoms with E-state index in [0.29, 0.717) is 10.6 Å². The Bertz CT molecular complexity index is 659. The molecule has 2 aromatic rings. The first kappa shape index (κ1) is 14.4. The Labute approximate surface area is 124 Å². The van der Waals surface area contributed by atoms with Gasteiger partial charge in [-0.15, -0.1) is 0 Å². The number of carbonyl (C=O) groups excluding carboxylic acids is 1. The number of allylic oxidation sites excluding steroid dienone is 1. The molecule has 0 radical (unpaired) electrons. The molecule has 2 aromatic carbocycles. The van der Waals surface area contributed by atoms with Crippen LogP contribution < -0.4 is 5.32 Å². The molecule has 0 heterocycles. The number of amides is 1. The maximum Gasteiger partial charge on any atom is 0.255 e. The van der Waals surface area contributed by atoms with Gasteiger partial charge in [0.25, 0.3) is 5.91 Å². The molecule has 0 aliphatic carbocycles. The highest BCUT2D eigenvalue weighted by atomic mass is 35.5. The standard InChI is InChI=1S/C17H16ClNO/c1-11(2)15-10-12(3)4-9-16(15)19-17(20)13-5-7-14(18)8-6-13/h4-10H,1H2,2-3H3,(H,19,20). The summed E-state index contributed by atoms with van der Waals surface area (Å²) in [6, 6.07) is 12.7. The lowest BCUT2D eigenvalue weighted by Crippen LogP contribution is -2.13. The lowest BCUT2D eigenvalue weighted by molar-refractivity contribution is 0.102. The molecule has 0 saturated heterocycles. The zero-order valence-electron chi connectivity index (χ0n) is 11.5. The van der Waals surface area contributed by atoms with Gasteiger partial charge in [-0.2, -0.15) is 0 Å². The van der Waals surface area contributed by atoms with E-state index in [1.165, 1.54) is 0 Å². The van der Waals surface area contributed by atoms with Crippen LogP contribution in [0.2, 0.25) is 5.02 Å². The zero-order chi connectivity index (χ0) is 14.7. The van der Waals surface area contributed by atoms with E-state index in [4.69, 9.17) is 11.6 Å². The van der Waals surface area contributed by atoms with E-state index in [1.54, 1.807) is 24.3 Å². The molecule has 0 unspecified atom stereocenters. The summed E-state index contributed by atoms with van der Waals surface area (Å²) in [5.41, 5.74) is 4.34. The van der Waals surface area contributed by atoms with Crippen LogP contribution in [0.5, 0.6) is 0 Å². The second-order valence-corrected chi connectivity index (χ2v) is 5.23. The van der Waals surface area contributed by atoms with Crippen molar-refractivity contribution >= 4 is 28.8 Å². The maximum absolute atomic E-state index is 12.2. The third-order valence-electron chi connectivity index (χ3n) is 2.99. The molecule has 2 nitrogen and oxygen atoms in total. The molecule has 0 aliphatic heterocycles. The Hall–Kier alpha value is -2.06. The molecule has 102 valence electrons. The van der Waals surface area contributed by atoms with Gasteiger partial charge in [-0.3, -0.25) is 4.79 Å². The number of benzene rings is 2. The Balaban J connectivity index is 2.28. The van der Waals surface area contributed by atoms with Gasteiger partial charge in [0, 0.05) is 21.8 Å². The lowest BCUT2D eigenvalue weighted by atomic mass is 10.0. The summed E-state index contributed by atoms with van der Waals surface area (Å²) >= 11 is 5.82. The molecular weight excluding hydrogens is 270 g/mol. The van der Waals surface area contributed by atoms with E-state index in [2.05, 4.69) is 11.9 Å². The number of hydrogen-bond donors (Lipinski definition) is 1. The van der Waals surface area contributed by atoms with Crippen LogP contribution in [0, 0.1) is 6.92 Å². The molecule has 0 spiro atoms. The molecule has 0 fully saturated rings. The van der Waals surface area contributed by atoms with Crippen LogP contribution in [-0.2, 0) is 0 Å². The SMILES string of the molecule is C=C(C)c1cc(C)ccc1NC(=O)c1ccc(Cl)cc1. The van der Waals surface area contributed by atoms with Crippen LogP contribution in [0.3, 0.4) is 0 Å². The van der Waals surface area contributed by atoms with Gasteiger partial charge in [0.15, 0.2) is 0 Å². The predicted molar refractivity (Wildman–Crippen MR) is 85.3 cm³/mol. The third-order valence-corrected chi connectivity index (χ3v) is 3.24. The van der Waals surface area contributed by atoms with Gasteiger partial charge >= 0.3 is 0 Å². The van der Waals surface area contributed by atoms with Crippen molar-refractivity contribution in [2.75, 3.05) is 5.32 Å². The normalized spacial score (nSPS) is 10.2. The number of anilines is 1. The van der Waals surface area contributed by atoms with Gasteiger partial charge in [0.2, 0.25) is 0 Å². The summed E-state index contributed by atoms with van der Waals surface area (Å²) in [5.74, 6) is -0.159. The zero-order valence-corrected chi connectivity index (χ0v) is 12.3. The summed E-state index contributed by atoms with van der Waals surface area (Å²) in [6.45, 7) is 7.88. The molecule has 0 atom stereocenters.